The number of piperidine rings is 1. The molecule has 1 N–H and O–H groups in total. The van der Waals surface area contributed by atoms with Crippen LogP contribution >= 0.6 is 12.6 Å². The molecule has 1 aromatic rings. The van der Waals surface area contributed by atoms with Gasteiger partial charge in [-0.2, -0.15) is 0 Å². The van der Waals surface area contributed by atoms with E-state index in [0.29, 0.717) is 18.5 Å². The number of imide groups is 1. The van der Waals surface area contributed by atoms with Gasteiger partial charge in [0.15, 0.2) is 0 Å². The number of fused-ring (bicyclic) bond motifs is 1. The predicted molar refractivity (Wildman–Crippen MR) is 78.4 cm³/mol. The lowest BCUT2D eigenvalue weighted by molar-refractivity contribution is -0.136. The molecule has 2 aliphatic heterocycles. The molecule has 5 nitrogen and oxygen atoms in total. The molecule has 1 saturated heterocycles. The molecule has 1 aromatic carbocycles. The largest absolute Gasteiger partial charge is 0.322 e. The topological polar surface area (TPSA) is 66.5 Å². The first-order valence-corrected chi connectivity index (χ1v) is 6.97. The first-order valence-electron chi connectivity index (χ1n) is 6.53. The summed E-state index contributed by atoms with van der Waals surface area (Å²) in [6.45, 7) is 0.364. The van der Waals surface area contributed by atoms with E-state index in [1.165, 1.54) is 4.90 Å². The van der Waals surface area contributed by atoms with Gasteiger partial charge >= 0.3 is 0 Å². The average molecular weight is 300 g/mol. The lowest BCUT2D eigenvalue weighted by atomic mass is 10.0. The summed E-state index contributed by atoms with van der Waals surface area (Å²) in [6.07, 6.45) is 0.626. The van der Waals surface area contributed by atoms with Crippen LogP contribution in [0, 0.1) is 11.2 Å². The minimum Gasteiger partial charge on any atom is -0.322 e. The molecule has 106 valence electrons. The zero-order valence-electron chi connectivity index (χ0n) is 11.0. The van der Waals surface area contributed by atoms with Crippen LogP contribution in [0.25, 0.3) is 0 Å². The summed E-state index contributed by atoms with van der Waals surface area (Å²) in [5, 5.41) is 4.80. The van der Waals surface area contributed by atoms with Crippen LogP contribution in [-0.2, 0) is 16.1 Å². The van der Waals surface area contributed by atoms with Gasteiger partial charge in [0.1, 0.15) is 6.04 Å². The van der Waals surface area contributed by atoms with Crippen LogP contribution in [-0.4, -0.2) is 28.7 Å². The Morgan fingerprint density at radius 3 is 2.81 bits per heavy atom. The molecule has 1 atom stereocenters. The Kier molecular flexibility index (Phi) is 3.43. The van der Waals surface area contributed by atoms with Crippen molar-refractivity contribution in [3.63, 3.8) is 0 Å². The molecule has 0 saturated carbocycles. The second-order valence-electron chi connectivity index (χ2n) is 5.01. The predicted octanol–water partition coefficient (Wildman–Crippen LogP) is 0.686. The standard InChI is InChI=1S/C15H12N2O3S/c18-13-4-3-12(14(19)16-13)17-8-10-7-9(5-6-21)1-2-11(10)15(17)20/h1-2,7,12,21H,3-4,8H2,(H,16,18,19). The average Bonchev–Trinajstić information content (AvgIpc) is 2.76. The van der Waals surface area contributed by atoms with Gasteiger partial charge in [-0.25, -0.2) is 0 Å². The van der Waals surface area contributed by atoms with Crippen molar-refractivity contribution in [2.24, 2.45) is 0 Å². The Morgan fingerprint density at radius 1 is 1.29 bits per heavy atom. The fourth-order valence-corrected chi connectivity index (χ4v) is 2.85. The highest BCUT2D eigenvalue weighted by Crippen LogP contribution is 2.27. The molecular formula is C15H12N2O3S. The molecule has 1 fully saturated rings. The van der Waals surface area contributed by atoms with Crippen molar-refractivity contribution in [2.45, 2.75) is 25.4 Å². The number of hydrogen-bond acceptors (Lipinski definition) is 4. The van der Waals surface area contributed by atoms with Crippen LogP contribution in [0.3, 0.4) is 0 Å². The van der Waals surface area contributed by atoms with Crippen molar-refractivity contribution < 1.29 is 14.4 Å². The molecule has 0 aromatic heterocycles. The number of rotatable bonds is 1. The van der Waals surface area contributed by atoms with E-state index in [1.807, 2.05) is 6.07 Å². The zero-order valence-corrected chi connectivity index (χ0v) is 11.9. The van der Waals surface area contributed by atoms with E-state index >= 15 is 0 Å². The number of nitrogens with zero attached hydrogens (tertiary/aromatic N) is 1. The molecular weight excluding hydrogens is 288 g/mol. The van der Waals surface area contributed by atoms with Gasteiger partial charge in [0, 0.05) is 24.1 Å². The van der Waals surface area contributed by atoms with E-state index in [1.54, 1.807) is 12.1 Å². The maximum absolute atomic E-state index is 12.4. The number of hydrogen-bond donors (Lipinski definition) is 2. The highest BCUT2D eigenvalue weighted by molar-refractivity contribution is 7.85. The van der Waals surface area contributed by atoms with E-state index in [9.17, 15) is 14.4 Å². The molecule has 21 heavy (non-hydrogen) atoms. The molecule has 0 aliphatic carbocycles. The Labute approximate surface area is 127 Å². The monoisotopic (exact) mass is 300 g/mol. The van der Waals surface area contributed by atoms with Gasteiger partial charge in [-0.3, -0.25) is 19.7 Å². The fourth-order valence-electron chi connectivity index (χ4n) is 2.72. The molecule has 0 bridgehead atoms. The van der Waals surface area contributed by atoms with Crippen LogP contribution in [0.1, 0.15) is 34.3 Å². The van der Waals surface area contributed by atoms with Crippen LogP contribution in [0.15, 0.2) is 18.2 Å². The van der Waals surface area contributed by atoms with Crippen LogP contribution in [0.4, 0.5) is 0 Å². The highest BCUT2D eigenvalue weighted by atomic mass is 32.1. The zero-order chi connectivity index (χ0) is 15.0. The van der Waals surface area contributed by atoms with E-state index in [4.69, 9.17) is 0 Å². The summed E-state index contributed by atoms with van der Waals surface area (Å²) >= 11 is 3.85. The molecule has 2 aliphatic rings. The van der Waals surface area contributed by atoms with Gasteiger partial charge in [-0.1, -0.05) is 18.5 Å². The Bertz CT molecular complexity index is 717. The SMILES string of the molecule is O=C1CCC(N2Cc3cc(C#CS)ccc3C2=O)C(=O)N1. The number of benzene rings is 1. The first-order chi connectivity index (χ1) is 10.1. The highest BCUT2D eigenvalue weighted by Gasteiger charge is 2.38. The van der Waals surface area contributed by atoms with Gasteiger partial charge < -0.3 is 4.90 Å². The van der Waals surface area contributed by atoms with Crippen molar-refractivity contribution in [1.82, 2.24) is 10.2 Å². The summed E-state index contributed by atoms with van der Waals surface area (Å²) in [5.74, 6) is 1.96. The number of carbonyl (C=O) groups is 3. The van der Waals surface area contributed by atoms with Crippen LogP contribution in [0.5, 0.6) is 0 Å². The Balaban J connectivity index is 1.87. The number of nitrogens with one attached hydrogen (secondary N) is 1. The van der Waals surface area contributed by atoms with Gasteiger partial charge in [0.2, 0.25) is 11.8 Å². The summed E-state index contributed by atoms with van der Waals surface area (Å²) in [4.78, 5) is 37.0. The normalized spacial score (nSPS) is 20.7. The van der Waals surface area contributed by atoms with Crippen LogP contribution in [0.2, 0.25) is 0 Å². The Morgan fingerprint density at radius 2 is 2.10 bits per heavy atom. The number of amides is 3. The molecule has 2 heterocycles. The number of carbonyl (C=O) groups excluding carboxylic acids is 3. The van der Waals surface area contributed by atoms with Gasteiger partial charge in [-0.05, 0) is 35.4 Å². The Hall–Kier alpha value is -2.26. The van der Waals surface area contributed by atoms with Gasteiger partial charge in [-0.15, -0.1) is 0 Å². The second kappa shape index (κ2) is 5.26. The summed E-state index contributed by atoms with van der Waals surface area (Å²) in [6, 6.07) is 4.73. The molecule has 3 amide bonds. The maximum atomic E-state index is 12.4. The van der Waals surface area contributed by atoms with Crippen molar-refractivity contribution in [2.75, 3.05) is 0 Å². The third kappa shape index (κ3) is 2.41. The summed E-state index contributed by atoms with van der Waals surface area (Å²) in [7, 11) is 0. The number of thiol groups is 1. The van der Waals surface area contributed by atoms with Crippen molar-refractivity contribution in [3.8, 4) is 11.2 Å². The van der Waals surface area contributed by atoms with E-state index in [2.05, 4.69) is 29.1 Å². The lowest BCUT2D eigenvalue weighted by Crippen LogP contribution is -2.52. The summed E-state index contributed by atoms with van der Waals surface area (Å²) < 4.78 is 0. The van der Waals surface area contributed by atoms with Crippen molar-refractivity contribution in [1.29, 1.82) is 0 Å². The second-order valence-corrected chi connectivity index (χ2v) is 5.23. The van der Waals surface area contributed by atoms with Crippen LogP contribution < -0.4 is 5.32 Å². The molecule has 6 heteroatoms. The van der Waals surface area contributed by atoms with E-state index in [0.717, 1.165) is 11.1 Å². The smallest absolute Gasteiger partial charge is 0.255 e. The third-order valence-corrected chi connectivity index (χ3v) is 3.84. The van der Waals surface area contributed by atoms with Crippen molar-refractivity contribution >= 4 is 30.4 Å². The molecule has 1 unspecified atom stereocenters. The minimum absolute atomic E-state index is 0.176. The third-order valence-electron chi connectivity index (χ3n) is 3.72. The van der Waals surface area contributed by atoms with Crippen molar-refractivity contribution in [3.05, 3.63) is 34.9 Å². The van der Waals surface area contributed by atoms with Gasteiger partial charge in [0.05, 0.1) is 0 Å². The minimum atomic E-state index is -0.581. The lowest BCUT2D eigenvalue weighted by Gasteiger charge is -2.29. The summed E-state index contributed by atoms with van der Waals surface area (Å²) in [5.41, 5.74) is 2.21. The molecule has 3 rings (SSSR count). The van der Waals surface area contributed by atoms with E-state index < -0.39 is 11.9 Å². The first kappa shape index (κ1) is 13.7. The molecule has 0 spiro atoms. The fraction of sp³-hybridized carbons (Fsp3) is 0.267. The molecule has 0 radical (unpaired) electrons. The maximum Gasteiger partial charge on any atom is 0.255 e. The van der Waals surface area contributed by atoms with E-state index in [-0.39, 0.29) is 18.2 Å². The van der Waals surface area contributed by atoms with Gasteiger partial charge in [0.25, 0.3) is 5.91 Å². The quantitative estimate of drug-likeness (QED) is 0.455.